The highest BCUT2D eigenvalue weighted by molar-refractivity contribution is 7.89. The van der Waals surface area contributed by atoms with Crippen molar-refractivity contribution in [2.45, 2.75) is 37.9 Å². The second-order valence-corrected chi connectivity index (χ2v) is 8.78. The monoisotopic (exact) mass is 417 g/mol. The average Bonchev–Trinajstić information content (AvgIpc) is 2.57. The molecule has 0 spiro atoms. The van der Waals surface area contributed by atoms with Gasteiger partial charge in [0, 0.05) is 38.7 Å². The van der Waals surface area contributed by atoms with E-state index in [4.69, 9.17) is 16.3 Å². The number of rotatable bonds is 6. The van der Waals surface area contributed by atoms with Crippen molar-refractivity contribution >= 4 is 33.4 Å². The largest absolute Gasteiger partial charge is 0.373 e. The predicted molar refractivity (Wildman–Crippen MR) is 101 cm³/mol. The molecule has 1 fully saturated rings. The Morgan fingerprint density at radius 1 is 1.19 bits per heavy atom. The molecule has 0 bridgehead atoms. The summed E-state index contributed by atoms with van der Waals surface area (Å²) in [5.41, 5.74) is 0.176. The summed E-state index contributed by atoms with van der Waals surface area (Å²) in [6.07, 6.45) is -0.467. The molecule has 1 aromatic carbocycles. The first-order chi connectivity index (χ1) is 12.6. The number of nitrogens with zero attached hydrogens (tertiary/aromatic N) is 1. The van der Waals surface area contributed by atoms with Crippen molar-refractivity contribution in [3.63, 3.8) is 0 Å². The summed E-state index contributed by atoms with van der Waals surface area (Å²) in [6, 6.07) is 4.13. The molecule has 10 heteroatoms. The fourth-order valence-electron chi connectivity index (χ4n) is 2.82. The summed E-state index contributed by atoms with van der Waals surface area (Å²) in [6.45, 7) is 5.93. The molecule has 8 nitrogen and oxygen atoms in total. The molecule has 1 aromatic rings. The minimum Gasteiger partial charge on any atom is -0.373 e. The lowest BCUT2D eigenvalue weighted by molar-refractivity contribution is -0.118. The molecule has 2 rings (SSSR count). The number of sulfonamides is 1. The standard InChI is InChI=1S/C17H24ClN3O5S/c1-11-9-21(10-12(2)26-11)27(24,25)16-8-14(4-5-15(16)18)17(23)20-7-6-19-13(3)22/h4-5,8,11-12H,6-7,9-10H2,1-3H3,(H,19,22)(H,20,23). The number of morpholine rings is 1. The molecule has 0 aliphatic carbocycles. The van der Waals surface area contributed by atoms with Gasteiger partial charge >= 0.3 is 0 Å². The van der Waals surface area contributed by atoms with E-state index in [1.54, 1.807) is 13.8 Å². The molecule has 0 aromatic heterocycles. The van der Waals surface area contributed by atoms with Gasteiger partial charge in [0.1, 0.15) is 4.90 Å². The van der Waals surface area contributed by atoms with Gasteiger partial charge in [-0.3, -0.25) is 9.59 Å². The number of amides is 2. The van der Waals surface area contributed by atoms with Gasteiger partial charge in [0.15, 0.2) is 0 Å². The molecule has 1 heterocycles. The summed E-state index contributed by atoms with van der Waals surface area (Å²) < 4.78 is 32.9. The molecule has 2 N–H and O–H groups in total. The molecule has 1 saturated heterocycles. The van der Waals surface area contributed by atoms with E-state index in [1.807, 2.05) is 0 Å². The first-order valence-corrected chi connectivity index (χ1v) is 10.4. The third kappa shape index (κ3) is 5.65. The molecule has 150 valence electrons. The maximum Gasteiger partial charge on any atom is 0.251 e. The van der Waals surface area contributed by atoms with Gasteiger partial charge in [-0.15, -0.1) is 0 Å². The number of carbonyl (C=O) groups excluding carboxylic acids is 2. The van der Waals surface area contributed by atoms with Crippen molar-refractivity contribution in [2.75, 3.05) is 26.2 Å². The summed E-state index contributed by atoms with van der Waals surface area (Å²) in [7, 11) is -3.87. The van der Waals surface area contributed by atoms with Gasteiger partial charge in [-0.25, -0.2) is 8.42 Å². The maximum atomic E-state index is 13.0. The van der Waals surface area contributed by atoms with Gasteiger partial charge in [-0.1, -0.05) is 11.6 Å². The van der Waals surface area contributed by atoms with Crippen molar-refractivity contribution in [3.05, 3.63) is 28.8 Å². The second kappa shape index (κ2) is 9.01. The molecule has 1 aliphatic rings. The first-order valence-electron chi connectivity index (χ1n) is 8.59. The van der Waals surface area contributed by atoms with E-state index in [0.29, 0.717) is 0 Å². The van der Waals surface area contributed by atoms with Crippen LogP contribution in [0.15, 0.2) is 23.1 Å². The van der Waals surface area contributed by atoms with Crippen molar-refractivity contribution < 1.29 is 22.7 Å². The van der Waals surface area contributed by atoms with Crippen molar-refractivity contribution in [1.29, 1.82) is 0 Å². The Labute approximate surface area is 164 Å². The Morgan fingerprint density at radius 3 is 2.37 bits per heavy atom. The Kier molecular flexibility index (Phi) is 7.21. The van der Waals surface area contributed by atoms with Gasteiger partial charge in [0.05, 0.1) is 17.2 Å². The number of benzene rings is 1. The average molecular weight is 418 g/mol. The second-order valence-electron chi connectivity index (χ2n) is 6.46. The van der Waals surface area contributed by atoms with Crippen LogP contribution in [0.4, 0.5) is 0 Å². The Balaban J connectivity index is 2.18. The van der Waals surface area contributed by atoms with Gasteiger partial charge < -0.3 is 15.4 Å². The number of nitrogens with one attached hydrogen (secondary N) is 2. The molecule has 2 unspecified atom stereocenters. The highest BCUT2D eigenvalue weighted by Gasteiger charge is 2.33. The third-order valence-electron chi connectivity index (χ3n) is 3.98. The minimum atomic E-state index is -3.87. The number of hydrogen-bond acceptors (Lipinski definition) is 5. The van der Waals surface area contributed by atoms with Crippen LogP contribution in [-0.2, 0) is 19.6 Å². The third-order valence-corrected chi connectivity index (χ3v) is 6.30. The van der Waals surface area contributed by atoms with E-state index in [2.05, 4.69) is 10.6 Å². The quantitative estimate of drug-likeness (QED) is 0.672. The predicted octanol–water partition coefficient (Wildman–Crippen LogP) is 1.00. The zero-order chi connectivity index (χ0) is 20.2. The van der Waals surface area contributed by atoms with Gasteiger partial charge in [0.2, 0.25) is 15.9 Å². The first kappa shape index (κ1) is 21.6. The van der Waals surface area contributed by atoms with Crippen LogP contribution in [0.3, 0.4) is 0 Å². The topological polar surface area (TPSA) is 105 Å². The Morgan fingerprint density at radius 2 is 1.78 bits per heavy atom. The summed E-state index contributed by atoms with van der Waals surface area (Å²) in [5.74, 6) is -0.643. The van der Waals surface area contributed by atoms with E-state index in [1.165, 1.54) is 29.4 Å². The lowest BCUT2D eigenvalue weighted by atomic mass is 10.2. The van der Waals surface area contributed by atoms with Crippen molar-refractivity contribution in [3.8, 4) is 0 Å². The van der Waals surface area contributed by atoms with E-state index in [0.717, 1.165) is 0 Å². The minimum absolute atomic E-state index is 0.0524. The molecule has 1 aliphatic heterocycles. The van der Waals surface area contributed by atoms with E-state index < -0.39 is 15.9 Å². The molecule has 27 heavy (non-hydrogen) atoms. The fraction of sp³-hybridized carbons (Fsp3) is 0.529. The van der Waals surface area contributed by atoms with Gasteiger partial charge in [-0.05, 0) is 32.0 Å². The van der Waals surface area contributed by atoms with Crippen LogP contribution >= 0.6 is 11.6 Å². The number of ether oxygens (including phenoxy) is 1. The molecular formula is C17H24ClN3O5S. The van der Waals surface area contributed by atoms with Gasteiger partial charge in [-0.2, -0.15) is 4.31 Å². The number of hydrogen-bond donors (Lipinski definition) is 2. The van der Waals surface area contributed by atoms with Gasteiger partial charge in [0.25, 0.3) is 5.91 Å². The smallest absolute Gasteiger partial charge is 0.251 e. The van der Waals surface area contributed by atoms with Crippen molar-refractivity contribution in [2.24, 2.45) is 0 Å². The lowest BCUT2D eigenvalue weighted by Gasteiger charge is -2.34. The van der Waals surface area contributed by atoms with E-state index in [-0.39, 0.29) is 59.8 Å². The molecule has 2 atom stereocenters. The van der Waals surface area contributed by atoms with Crippen LogP contribution in [0.2, 0.25) is 5.02 Å². The van der Waals surface area contributed by atoms with Crippen molar-refractivity contribution in [1.82, 2.24) is 14.9 Å². The van der Waals surface area contributed by atoms with Crippen LogP contribution in [0.1, 0.15) is 31.1 Å². The molecule has 0 saturated carbocycles. The van der Waals surface area contributed by atoms with Crippen LogP contribution in [0.25, 0.3) is 0 Å². The molecular weight excluding hydrogens is 394 g/mol. The maximum absolute atomic E-state index is 13.0. The summed E-state index contributed by atoms with van der Waals surface area (Å²) in [4.78, 5) is 23.0. The number of halogens is 1. The Bertz CT molecular complexity index is 805. The SMILES string of the molecule is CC(=O)NCCNC(=O)c1ccc(Cl)c(S(=O)(=O)N2CC(C)OC(C)C2)c1. The highest BCUT2D eigenvalue weighted by Crippen LogP contribution is 2.28. The molecule has 2 amide bonds. The molecule has 0 radical (unpaired) electrons. The van der Waals surface area contributed by atoms with E-state index in [9.17, 15) is 18.0 Å². The number of carbonyl (C=O) groups is 2. The van der Waals surface area contributed by atoms with Crippen LogP contribution < -0.4 is 10.6 Å². The summed E-state index contributed by atoms with van der Waals surface area (Å²) >= 11 is 6.12. The van der Waals surface area contributed by atoms with Crippen LogP contribution in [0.5, 0.6) is 0 Å². The lowest BCUT2D eigenvalue weighted by Crippen LogP contribution is -2.48. The van der Waals surface area contributed by atoms with Crippen LogP contribution in [0, 0.1) is 0 Å². The normalized spacial score (nSPS) is 20.9. The Hall–Kier alpha value is -1.68. The van der Waals surface area contributed by atoms with E-state index >= 15 is 0 Å². The zero-order valence-electron chi connectivity index (χ0n) is 15.5. The highest BCUT2D eigenvalue weighted by atomic mass is 35.5. The summed E-state index contributed by atoms with van der Waals surface area (Å²) in [5, 5.41) is 5.23. The zero-order valence-corrected chi connectivity index (χ0v) is 17.1. The van der Waals surface area contributed by atoms with Crippen LogP contribution in [-0.4, -0.2) is 62.9 Å². The fourth-order valence-corrected chi connectivity index (χ4v) is 4.92.